The lowest BCUT2D eigenvalue weighted by molar-refractivity contribution is 0.504. The van der Waals surface area contributed by atoms with Gasteiger partial charge in [0.15, 0.2) is 5.96 Å². The second-order valence-electron chi connectivity index (χ2n) is 5.17. The molecular weight excluding hydrogens is 407 g/mol. The Morgan fingerprint density at radius 2 is 1.95 bits per heavy atom. The molecule has 0 aliphatic rings. The Morgan fingerprint density at radius 1 is 1.23 bits per heavy atom. The molecule has 0 fully saturated rings. The number of aryl methyl sites for hydroxylation is 1. The lowest BCUT2D eigenvalue weighted by Crippen LogP contribution is -2.38. The summed E-state index contributed by atoms with van der Waals surface area (Å²) in [6.07, 6.45) is 4.36. The maximum Gasteiger partial charge on any atom is 0.191 e. The minimum atomic E-state index is 0. The molecule has 6 heteroatoms. The molecule has 22 heavy (non-hydrogen) atoms. The topological polar surface area (TPSA) is 49.3 Å². The van der Waals surface area contributed by atoms with Crippen LogP contribution in [0.1, 0.15) is 51.2 Å². The Hall–Kier alpha value is -0.370. The summed E-state index contributed by atoms with van der Waals surface area (Å²) in [6.45, 7) is 11.4. The average Bonchev–Trinajstić information content (AvgIpc) is 2.96. The highest BCUT2D eigenvalue weighted by Gasteiger charge is 2.04. The van der Waals surface area contributed by atoms with Crippen molar-refractivity contribution < 1.29 is 0 Å². The van der Waals surface area contributed by atoms with E-state index in [1.54, 1.807) is 11.3 Å². The van der Waals surface area contributed by atoms with E-state index in [4.69, 9.17) is 0 Å². The van der Waals surface area contributed by atoms with Crippen LogP contribution in [0.15, 0.2) is 10.4 Å². The van der Waals surface area contributed by atoms with Crippen LogP contribution in [-0.2, 0) is 12.8 Å². The zero-order valence-electron chi connectivity index (χ0n) is 14.3. The largest absolute Gasteiger partial charge is 0.357 e. The normalized spacial score (nSPS) is 11.4. The zero-order valence-corrected chi connectivity index (χ0v) is 17.5. The van der Waals surface area contributed by atoms with Crippen molar-refractivity contribution in [2.75, 3.05) is 19.6 Å². The van der Waals surface area contributed by atoms with Crippen molar-refractivity contribution in [1.82, 2.24) is 15.6 Å². The standard InChI is InChI=1S/C16H30N4S.HI/c1-5-13(6-2)11-19-16(17-8-4)18-10-9-14-12-21-15(7-3)20-14;/h12-13H,5-11H2,1-4H3,(H2,17,18,19);1H. The van der Waals surface area contributed by atoms with Gasteiger partial charge in [-0.3, -0.25) is 4.99 Å². The van der Waals surface area contributed by atoms with Crippen LogP contribution in [0.4, 0.5) is 0 Å². The lowest BCUT2D eigenvalue weighted by Gasteiger charge is -2.13. The van der Waals surface area contributed by atoms with Gasteiger partial charge in [0.25, 0.3) is 0 Å². The summed E-state index contributed by atoms with van der Waals surface area (Å²) in [5, 5.41) is 10.1. The van der Waals surface area contributed by atoms with Crippen LogP contribution in [0.2, 0.25) is 0 Å². The van der Waals surface area contributed by atoms with Crippen molar-refractivity contribution in [3.63, 3.8) is 0 Å². The molecule has 0 atom stereocenters. The minimum absolute atomic E-state index is 0. The Morgan fingerprint density at radius 3 is 2.50 bits per heavy atom. The van der Waals surface area contributed by atoms with E-state index in [0.717, 1.165) is 38.4 Å². The predicted octanol–water partition coefficient (Wildman–Crippen LogP) is 3.86. The summed E-state index contributed by atoms with van der Waals surface area (Å²) in [7, 11) is 0. The highest BCUT2D eigenvalue weighted by atomic mass is 127. The van der Waals surface area contributed by atoms with Gasteiger partial charge in [0.05, 0.1) is 10.7 Å². The highest BCUT2D eigenvalue weighted by molar-refractivity contribution is 14.0. The number of thiazole rings is 1. The summed E-state index contributed by atoms with van der Waals surface area (Å²) < 4.78 is 0. The first-order valence-electron chi connectivity index (χ1n) is 8.18. The number of nitrogens with one attached hydrogen (secondary N) is 2. The molecule has 0 spiro atoms. The van der Waals surface area contributed by atoms with Gasteiger partial charge >= 0.3 is 0 Å². The molecule has 0 aromatic carbocycles. The SMILES string of the molecule is CCNC(=NCC(CC)CC)NCCc1csc(CC)n1.I. The number of hydrogen-bond acceptors (Lipinski definition) is 3. The van der Waals surface area contributed by atoms with Crippen molar-refractivity contribution in [2.45, 2.75) is 53.4 Å². The predicted molar refractivity (Wildman–Crippen MR) is 109 cm³/mol. The van der Waals surface area contributed by atoms with Crippen LogP contribution in [0, 0.1) is 5.92 Å². The number of aromatic nitrogens is 1. The molecule has 0 aliphatic carbocycles. The van der Waals surface area contributed by atoms with E-state index >= 15 is 0 Å². The van der Waals surface area contributed by atoms with Crippen molar-refractivity contribution >= 4 is 41.3 Å². The van der Waals surface area contributed by atoms with E-state index in [1.165, 1.54) is 23.5 Å². The number of halogens is 1. The molecule has 128 valence electrons. The first kappa shape index (κ1) is 21.6. The number of aliphatic imine (C=N–C) groups is 1. The van der Waals surface area contributed by atoms with Crippen LogP contribution in [0.25, 0.3) is 0 Å². The van der Waals surface area contributed by atoms with Gasteiger partial charge in [-0.25, -0.2) is 4.98 Å². The molecule has 0 saturated carbocycles. The molecule has 0 aliphatic heterocycles. The second kappa shape index (κ2) is 13.1. The minimum Gasteiger partial charge on any atom is -0.357 e. The van der Waals surface area contributed by atoms with Crippen LogP contribution in [0.3, 0.4) is 0 Å². The molecule has 1 aromatic heterocycles. The van der Waals surface area contributed by atoms with Crippen molar-refractivity contribution in [3.8, 4) is 0 Å². The fourth-order valence-electron chi connectivity index (χ4n) is 2.04. The fourth-order valence-corrected chi connectivity index (χ4v) is 2.82. The zero-order chi connectivity index (χ0) is 15.5. The van der Waals surface area contributed by atoms with Gasteiger partial charge in [-0.2, -0.15) is 0 Å². The third-order valence-electron chi connectivity index (χ3n) is 3.58. The van der Waals surface area contributed by atoms with Crippen molar-refractivity contribution in [2.24, 2.45) is 10.9 Å². The monoisotopic (exact) mass is 438 g/mol. The lowest BCUT2D eigenvalue weighted by atomic mass is 10.0. The van der Waals surface area contributed by atoms with E-state index < -0.39 is 0 Å². The van der Waals surface area contributed by atoms with Gasteiger partial charge in [0, 0.05) is 31.4 Å². The van der Waals surface area contributed by atoms with Gasteiger partial charge in [0.2, 0.25) is 0 Å². The Bertz CT molecular complexity index is 416. The van der Waals surface area contributed by atoms with Crippen LogP contribution < -0.4 is 10.6 Å². The molecule has 1 rings (SSSR count). The van der Waals surface area contributed by atoms with E-state index in [0.29, 0.717) is 5.92 Å². The Labute approximate surface area is 156 Å². The molecule has 0 amide bonds. The van der Waals surface area contributed by atoms with E-state index in [9.17, 15) is 0 Å². The molecular formula is C16H31IN4S. The van der Waals surface area contributed by atoms with Gasteiger partial charge in [0.1, 0.15) is 0 Å². The molecule has 0 unspecified atom stereocenters. The van der Waals surface area contributed by atoms with Crippen LogP contribution in [-0.4, -0.2) is 30.6 Å². The highest BCUT2D eigenvalue weighted by Crippen LogP contribution is 2.10. The second-order valence-corrected chi connectivity index (χ2v) is 6.11. The number of rotatable bonds is 9. The summed E-state index contributed by atoms with van der Waals surface area (Å²) in [6, 6.07) is 0. The molecule has 1 aromatic rings. The van der Waals surface area contributed by atoms with Gasteiger partial charge in [-0.15, -0.1) is 35.3 Å². The summed E-state index contributed by atoms with van der Waals surface area (Å²) in [5.41, 5.74) is 1.18. The Kier molecular flexibility index (Phi) is 12.9. The number of guanidine groups is 1. The van der Waals surface area contributed by atoms with Crippen LogP contribution >= 0.6 is 35.3 Å². The quantitative estimate of drug-likeness (QED) is 0.350. The molecule has 0 bridgehead atoms. The third kappa shape index (κ3) is 8.31. The van der Waals surface area contributed by atoms with E-state index in [-0.39, 0.29) is 24.0 Å². The Balaban J connectivity index is 0.00000441. The van der Waals surface area contributed by atoms with Crippen molar-refractivity contribution in [1.29, 1.82) is 0 Å². The molecule has 1 heterocycles. The van der Waals surface area contributed by atoms with E-state index in [1.807, 2.05) is 0 Å². The van der Waals surface area contributed by atoms with Gasteiger partial charge < -0.3 is 10.6 Å². The maximum absolute atomic E-state index is 4.68. The smallest absolute Gasteiger partial charge is 0.191 e. The molecule has 0 saturated heterocycles. The molecule has 4 nitrogen and oxygen atoms in total. The van der Waals surface area contributed by atoms with Crippen molar-refractivity contribution in [3.05, 3.63) is 16.1 Å². The molecule has 0 radical (unpaired) electrons. The maximum atomic E-state index is 4.68. The van der Waals surface area contributed by atoms with Gasteiger partial charge in [-0.1, -0.05) is 33.6 Å². The first-order chi connectivity index (χ1) is 10.2. The van der Waals surface area contributed by atoms with Gasteiger partial charge in [-0.05, 0) is 19.3 Å². The summed E-state index contributed by atoms with van der Waals surface area (Å²) in [5.74, 6) is 1.61. The van der Waals surface area contributed by atoms with E-state index in [2.05, 4.69) is 53.7 Å². The first-order valence-corrected chi connectivity index (χ1v) is 9.06. The summed E-state index contributed by atoms with van der Waals surface area (Å²) >= 11 is 1.75. The fraction of sp³-hybridized carbons (Fsp3) is 0.750. The third-order valence-corrected chi connectivity index (χ3v) is 4.62. The number of hydrogen-bond donors (Lipinski definition) is 2. The summed E-state index contributed by atoms with van der Waals surface area (Å²) in [4.78, 5) is 9.28. The van der Waals surface area contributed by atoms with Crippen LogP contribution in [0.5, 0.6) is 0 Å². The molecule has 2 N–H and O–H groups in total. The average molecular weight is 438 g/mol. The number of nitrogens with zero attached hydrogens (tertiary/aromatic N) is 2.